The minimum atomic E-state index is -4.64. The third-order valence-corrected chi connectivity index (χ3v) is 6.56. The lowest BCUT2D eigenvalue weighted by atomic mass is 10.2. The third-order valence-electron chi connectivity index (χ3n) is 5.98. The van der Waals surface area contributed by atoms with Gasteiger partial charge in [0, 0.05) is 21.7 Å². The summed E-state index contributed by atoms with van der Waals surface area (Å²) >= 11 is 12.2. The Labute approximate surface area is 207 Å². The highest BCUT2D eigenvalue weighted by Gasteiger charge is 2.38. The Morgan fingerprint density at radius 3 is 2.60 bits per heavy atom. The Bertz CT molecular complexity index is 1470. The van der Waals surface area contributed by atoms with Crippen LogP contribution in [0.1, 0.15) is 57.5 Å². The van der Waals surface area contributed by atoms with E-state index in [0.717, 1.165) is 30.7 Å². The summed E-state index contributed by atoms with van der Waals surface area (Å²) in [7, 11) is 0. The number of alkyl halides is 3. The zero-order chi connectivity index (χ0) is 25.1. The summed E-state index contributed by atoms with van der Waals surface area (Å²) in [6.45, 7) is 3.85. The molecule has 4 aromatic rings. The molecule has 1 saturated carbocycles. The molecule has 0 aliphatic heterocycles. The lowest BCUT2D eigenvalue weighted by Gasteiger charge is -2.11. The Morgan fingerprint density at radius 2 is 1.94 bits per heavy atom. The second-order valence-corrected chi connectivity index (χ2v) is 9.37. The summed E-state index contributed by atoms with van der Waals surface area (Å²) < 4.78 is 43.3. The van der Waals surface area contributed by atoms with E-state index in [0.29, 0.717) is 43.9 Å². The van der Waals surface area contributed by atoms with Crippen LogP contribution in [-0.4, -0.2) is 30.3 Å². The summed E-state index contributed by atoms with van der Waals surface area (Å²) in [6.07, 6.45) is -2.00. The first-order chi connectivity index (χ1) is 16.5. The Kier molecular flexibility index (Phi) is 5.76. The van der Waals surface area contributed by atoms with Crippen molar-refractivity contribution in [2.75, 3.05) is 5.32 Å². The zero-order valence-electron chi connectivity index (χ0n) is 18.6. The summed E-state index contributed by atoms with van der Waals surface area (Å²) in [6, 6.07) is 6.16. The summed E-state index contributed by atoms with van der Waals surface area (Å²) in [5.74, 6) is -0.654. The highest BCUT2D eigenvalue weighted by atomic mass is 35.5. The molecule has 1 aliphatic carbocycles. The van der Waals surface area contributed by atoms with E-state index < -0.39 is 17.8 Å². The smallest absolute Gasteiger partial charge is 0.319 e. The highest BCUT2D eigenvalue weighted by molar-refractivity contribution is 6.35. The number of carbonyl (C=O) groups excluding carboxylic acids is 1. The van der Waals surface area contributed by atoms with Crippen molar-refractivity contribution in [2.45, 2.75) is 45.3 Å². The van der Waals surface area contributed by atoms with Crippen molar-refractivity contribution in [3.8, 4) is 0 Å². The molecule has 0 bridgehead atoms. The molecule has 182 valence electrons. The van der Waals surface area contributed by atoms with Crippen LogP contribution in [0.3, 0.4) is 0 Å². The monoisotopic (exact) mass is 522 g/mol. The molecule has 1 aliphatic rings. The first-order valence-electron chi connectivity index (χ1n) is 10.8. The predicted molar refractivity (Wildman–Crippen MR) is 125 cm³/mol. The molecule has 7 nitrogen and oxygen atoms in total. The van der Waals surface area contributed by atoms with Gasteiger partial charge in [0.1, 0.15) is 11.3 Å². The van der Waals surface area contributed by atoms with Gasteiger partial charge in [-0.05, 0) is 50.5 Å². The molecule has 1 aromatic carbocycles. The number of halogens is 5. The molecule has 3 heterocycles. The van der Waals surface area contributed by atoms with E-state index >= 15 is 0 Å². The van der Waals surface area contributed by atoms with Gasteiger partial charge < -0.3 is 5.32 Å². The molecule has 1 amide bonds. The van der Waals surface area contributed by atoms with E-state index in [-0.39, 0.29) is 17.1 Å². The fourth-order valence-corrected chi connectivity index (χ4v) is 4.42. The summed E-state index contributed by atoms with van der Waals surface area (Å²) in [5.41, 5.74) is 1.62. The molecular weight excluding hydrogens is 504 g/mol. The van der Waals surface area contributed by atoms with Crippen molar-refractivity contribution < 1.29 is 18.0 Å². The number of carbonyl (C=O) groups is 1. The SMILES string of the molecule is Cc1nn(Cc2ccc(Cl)cc2Cl)c(C)c1NC(=O)c1cnn2c(C(F)(F)F)cc(C3CC3)nc12. The van der Waals surface area contributed by atoms with Crippen molar-refractivity contribution in [1.82, 2.24) is 24.4 Å². The van der Waals surface area contributed by atoms with Crippen molar-refractivity contribution in [3.63, 3.8) is 0 Å². The Balaban J connectivity index is 1.47. The molecule has 3 aromatic heterocycles. The second-order valence-electron chi connectivity index (χ2n) is 8.53. The number of anilines is 1. The number of aryl methyl sites for hydroxylation is 1. The minimum absolute atomic E-state index is 0.0330. The number of fused-ring (bicyclic) bond motifs is 1. The van der Waals surface area contributed by atoms with E-state index in [2.05, 4.69) is 20.5 Å². The molecule has 35 heavy (non-hydrogen) atoms. The van der Waals surface area contributed by atoms with E-state index in [9.17, 15) is 18.0 Å². The second kappa shape index (κ2) is 8.53. The van der Waals surface area contributed by atoms with Crippen LogP contribution in [0.15, 0.2) is 30.5 Å². The Morgan fingerprint density at radius 1 is 1.20 bits per heavy atom. The number of nitrogens with zero attached hydrogens (tertiary/aromatic N) is 5. The first kappa shape index (κ1) is 23.6. The van der Waals surface area contributed by atoms with Crippen molar-refractivity contribution in [1.29, 1.82) is 0 Å². The highest BCUT2D eigenvalue weighted by Crippen LogP contribution is 2.41. The van der Waals surface area contributed by atoms with Gasteiger partial charge in [0.25, 0.3) is 5.91 Å². The predicted octanol–water partition coefficient (Wildman–Crippen LogP) is 6.05. The lowest BCUT2D eigenvalue weighted by molar-refractivity contribution is -0.142. The van der Waals surface area contributed by atoms with Gasteiger partial charge in [0.15, 0.2) is 5.65 Å². The first-order valence-corrected chi connectivity index (χ1v) is 11.5. The molecule has 0 unspecified atom stereocenters. The van der Waals surface area contributed by atoms with E-state index in [4.69, 9.17) is 23.2 Å². The fraction of sp³-hybridized carbons (Fsp3) is 0.304. The zero-order valence-corrected chi connectivity index (χ0v) is 20.1. The van der Waals surface area contributed by atoms with E-state index in [1.165, 1.54) is 0 Å². The summed E-state index contributed by atoms with van der Waals surface area (Å²) in [4.78, 5) is 17.5. The van der Waals surface area contributed by atoms with Gasteiger partial charge in [-0.3, -0.25) is 9.48 Å². The van der Waals surface area contributed by atoms with Crippen LogP contribution >= 0.6 is 23.2 Å². The maximum atomic E-state index is 13.7. The molecule has 1 N–H and O–H groups in total. The molecule has 0 saturated heterocycles. The topological polar surface area (TPSA) is 77.1 Å². The number of benzene rings is 1. The van der Waals surface area contributed by atoms with Crippen LogP contribution < -0.4 is 5.32 Å². The average molecular weight is 523 g/mol. The number of hydrogen-bond donors (Lipinski definition) is 1. The van der Waals surface area contributed by atoms with Crippen LogP contribution in [0.25, 0.3) is 5.65 Å². The van der Waals surface area contributed by atoms with Crippen LogP contribution in [-0.2, 0) is 12.7 Å². The van der Waals surface area contributed by atoms with E-state index in [1.54, 1.807) is 36.7 Å². The number of amides is 1. The molecule has 1 fully saturated rings. The van der Waals surface area contributed by atoms with Crippen LogP contribution in [0.2, 0.25) is 10.0 Å². The van der Waals surface area contributed by atoms with Crippen LogP contribution in [0.5, 0.6) is 0 Å². The van der Waals surface area contributed by atoms with Crippen LogP contribution in [0, 0.1) is 13.8 Å². The van der Waals surface area contributed by atoms with Gasteiger partial charge in [-0.1, -0.05) is 29.3 Å². The largest absolute Gasteiger partial charge is 0.433 e. The lowest BCUT2D eigenvalue weighted by Crippen LogP contribution is -2.16. The average Bonchev–Trinajstić information content (AvgIpc) is 3.50. The molecular formula is C23H19Cl2F3N6O. The maximum absolute atomic E-state index is 13.7. The molecule has 5 rings (SSSR count). The molecule has 12 heteroatoms. The number of rotatable bonds is 5. The Hall–Kier alpha value is -3.11. The third kappa shape index (κ3) is 4.48. The minimum Gasteiger partial charge on any atom is -0.319 e. The van der Waals surface area contributed by atoms with Crippen molar-refractivity contribution in [3.05, 3.63) is 74.4 Å². The van der Waals surface area contributed by atoms with Crippen molar-refractivity contribution in [2.24, 2.45) is 0 Å². The molecule has 0 radical (unpaired) electrons. The van der Waals surface area contributed by atoms with Gasteiger partial charge in [-0.25, -0.2) is 9.50 Å². The molecule has 0 atom stereocenters. The number of nitrogens with one attached hydrogen (secondary N) is 1. The standard InChI is InChI=1S/C23H19Cl2F3N6O/c1-11-20(12(2)33(32-11)10-14-5-6-15(24)7-17(14)25)31-22(35)16-9-29-34-19(23(26,27)28)8-18(13-3-4-13)30-21(16)34/h5-9,13H,3-4,10H2,1-2H3,(H,31,35). The van der Waals surface area contributed by atoms with Crippen molar-refractivity contribution >= 4 is 40.4 Å². The molecule has 0 spiro atoms. The quantitative estimate of drug-likeness (QED) is 0.346. The van der Waals surface area contributed by atoms with Gasteiger partial charge in [-0.15, -0.1) is 0 Å². The van der Waals surface area contributed by atoms with Gasteiger partial charge in [-0.2, -0.15) is 23.4 Å². The van der Waals surface area contributed by atoms with Gasteiger partial charge in [0.2, 0.25) is 0 Å². The van der Waals surface area contributed by atoms with Gasteiger partial charge in [0.05, 0.1) is 29.8 Å². The normalized spacial score (nSPS) is 14.0. The maximum Gasteiger partial charge on any atom is 0.433 e. The fourth-order valence-electron chi connectivity index (χ4n) is 3.96. The summed E-state index contributed by atoms with van der Waals surface area (Å²) in [5, 5.41) is 12.1. The van der Waals surface area contributed by atoms with Crippen LogP contribution in [0.4, 0.5) is 18.9 Å². The number of aromatic nitrogens is 5. The van der Waals surface area contributed by atoms with Gasteiger partial charge >= 0.3 is 6.18 Å². The van der Waals surface area contributed by atoms with E-state index in [1.807, 2.05) is 0 Å². The number of hydrogen-bond acceptors (Lipinski definition) is 4.